The van der Waals surface area contributed by atoms with Crippen molar-refractivity contribution >= 4 is 11.3 Å². The highest BCUT2D eigenvalue weighted by atomic mass is 32.1. The van der Waals surface area contributed by atoms with Crippen LogP contribution in [0.1, 0.15) is 38.0 Å². The zero-order valence-electron chi connectivity index (χ0n) is 12.2. The van der Waals surface area contributed by atoms with E-state index in [2.05, 4.69) is 41.2 Å². The van der Waals surface area contributed by atoms with E-state index in [4.69, 9.17) is 0 Å². The van der Waals surface area contributed by atoms with Crippen molar-refractivity contribution in [3.8, 4) is 0 Å². The van der Waals surface area contributed by atoms with Crippen LogP contribution in [0.25, 0.3) is 0 Å². The molecule has 3 rings (SSSR count). The van der Waals surface area contributed by atoms with Gasteiger partial charge in [-0.05, 0) is 51.1 Å². The van der Waals surface area contributed by atoms with Gasteiger partial charge in [-0.2, -0.15) is 0 Å². The summed E-state index contributed by atoms with van der Waals surface area (Å²) in [5.74, 6) is 0. The van der Waals surface area contributed by atoms with E-state index in [0.29, 0.717) is 12.1 Å². The second kappa shape index (κ2) is 5.94. The molecule has 3 unspecified atom stereocenters. The maximum Gasteiger partial charge on any atom is 0.0224 e. The summed E-state index contributed by atoms with van der Waals surface area (Å²) in [7, 11) is 0. The van der Waals surface area contributed by atoms with Crippen molar-refractivity contribution in [3.05, 3.63) is 22.4 Å². The Labute approximate surface area is 121 Å². The molecule has 0 radical (unpaired) electrons. The van der Waals surface area contributed by atoms with Crippen LogP contribution in [0, 0.1) is 0 Å². The smallest absolute Gasteiger partial charge is 0.0224 e. The Kier molecular flexibility index (Phi) is 4.25. The molecule has 1 aromatic rings. The molecule has 1 aromatic heterocycles. The first-order valence-corrected chi connectivity index (χ1v) is 8.64. The minimum Gasteiger partial charge on any atom is -0.298 e. The minimum absolute atomic E-state index is 0.678. The molecule has 19 heavy (non-hydrogen) atoms. The molecule has 3 heteroatoms. The molecule has 3 heterocycles. The van der Waals surface area contributed by atoms with Gasteiger partial charge in [0, 0.05) is 36.1 Å². The number of thiophene rings is 1. The molecule has 2 fully saturated rings. The van der Waals surface area contributed by atoms with E-state index in [1.54, 1.807) is 0 Å². The molecule has 0 saturated carbocycles. The molecule has 0 aromatic carbocycles. The van der Waals surface area contributed by atoms with E-state index in [0.717, 1.165) is 6.04 Å². The second-order valence-electron chi connectivity index (χ2n) is 6.32. The van der Waals surface area contributed by atoms with Gasteiger partial charge in [0.25, 0.3) is 0 Å². The van der Waals surface area contributed by atoms with Crippen molar-refractivity contribution in [2.75, 3.05) is 19.6 Å². The zero-order valence-corrected chi connectivity index (χ0v) is 13.0. The molecule has 0 N–H and O–H groups in total. The van der Waals surface area contributed by atoms with E-state index in [-0.39, 0.29) is 0 Å². The maximum atomic E-state index is 2.76. The number of piperazine rings is 1. The van der Waals surface area contributed by atoms with Crippen molar-refractivity contribution in [1.82, 2.24) is 9.80 Å². The summed E-state index contributed by atoms with van der Waals surface area (Å²) in [6.07, 6.45) is 5.47. The zero-order chi connectivity index (χ0) is 13.2. The van der Waals surface area contributed by atoms with Crippen molar-refractivity contribution < 1.29 is 0 Å². The lowest BCUT2D eigenvalue weighted by Crippen LogP contribution is -2.60. The Bertz CT molecular complexity index is 389. The number of hydrogen-bond acceptors (Lipinski definition) is 3. The molecule has 2 nitrogen and oxygen atoms in total. The lowest BCUT2D eigenvalue weighted by atomic mass is 9.95. The highest BCUT2D eigenvalue weighted by molar-refractivity contribution is 7.09. The molecule has 2 aliphatic heterocycles. The molecular formula is C16H26N2S. The van der Waals surface area contributed by atoms with Crippen molar-refractivity contribution in [3.63, 3.8) is 0 Å². The highest BCUT2D eigenvalue weighted by Crippen LogP contribution is 2.26. The van der Waals surface area contributed by atoms with E-state index < -0.39 is 0 Å². The largest absolute Gasteiger partial charge is 0.298 e. The van der Waals surface area contributed by atoms with Crippen LogP contribution in [-0.4, -0.2) is 47.6 Å². The van der Waals surface area contributed by atoms with Gasteiger partial charge < -0.3 is 0 Å². The number of nitrogens with zero attached hydrogens (tertiary/aromatic N) is 2. The number of hydrogen-bond donors (Lipinski definition) is 0. The van der Waals surface area contributed by atoms with E-state index in [1.807, 2.05) is 11.3 Å². The van der Waals surface area contributed by atoms with Gasteiger partial charge in [0.05, 0.1) is 0 Å². The molecule has 0 bridgehead atoms. The third-order valence-corrected chi connectivity index (χ3v) is 5.78. The van der Waals surface area contributed by atoms with Crippen LogP contribution >= 0.6 is 11.3 Å². The average molecular weight is 278 g/mol. The molecule has 106 valence electrons. The van der Waals surface area contributed by atoms with Crippen LogP contribution in [0.3, 0.4) is 0 Å². The van der Waals surface area contributed by atoms with Gasteiger partial charge in [-0.25, -0.2) is 0 Å². The Morgan fingerprint density at radius 1 is 1.37 bits per heavy atom. The van der Waals surface area contributed by atoms with Gasteiger partial charge in [0.1, 0.15) is 0 Å². The van der Waals surface area contributed by atoms with E-state index in [9.17, 15) is 0 Å². The number of rotatable bonds is 3. The first-order chi connectivity index (χ1) is 9.24. The fraction of sp³-hybridized carbons (Fsp3) is 0.750. The van der Waals surface area contributed by atoms with E-state index >= 15 is 0 Å². The Morgan fingerprint density at radius 3 is 3.05 bits per heavy atom. The molecule has 0 aliphatic carbocycles. The standard InChI is InChI=1S/C16H26N2S/c1-13(10-16-7-5-9-19-16)18-12-15-6-3-4-8-17(15)11-14(18)2/h5,7,9,13-15H,3-4,6,8,10-12H2,1-2H3. The lowest BCUT2D eigenvalue weighted by Gasteiger charge is -2.49. The summed E-state index contributed by atoms with van der Waals surface area (Å²) < 4.78 is 0. The SMILES string of the molecule is CC(Cc1cccs1)N1CC2CCCCN2CC1C. The normalized spacial score (nSPS) is 31.1. The van der Waals surface area contributed by atoms with E-state index in [1.165, 1.54) is 50.2 Å². The summed E-state index contributed by atoms with van der Waals surface area (Å²) in [5.41, 5.74) is 0. The van der Waals surface area contributed by atoms with Crippen LogP contribution in [0.2, 0.25) is 0 Å². The van der Waals surface area contributed by atoms with Crippen molar-refractivity contribution in [2.45, 2.75) is 57.7 Å². The summed E-state index contributed by atoms with van der Waals surface area (Å²) in [6, 6.07) is 6.68. The lowest BCUT2D eigenvalue weighted by molar-refractivity contribution is -0.00371. The van der Waals surface area contributed by atoms with Crippen LogP contribution in [-0.2, 0) is 6.42 Å². The van der Waals surface area contributed by atoms with Gasteiger partial charge in [-0.15, -0.1) is 11.3 Å². The highest BCUT2D eigenvalue weighted by Gasteiger charge is 2.34. The topological polar surface area (TPSA) is 6.48 Å². The fourth-order valence-corrected chi connectivity index (χ4v) is 4.65. The van der Waals surface area contributed by atoms with Gasteiger partial charge in [-0.3, -0.25) is 9.80 Å². The summed E-state index contributed by atoms with van der Waals surface area (Å²) in [6.45, 7) is 8.72. The molecule has 2 saturated heterocycles. The molecule has 0 amide bonds. The minimum atomic E-state index is 0.678. The quantitative estimate of drug-likeness (QED) is 0.837. The van der Waals surface area contributed by atoms with Crippen LogP contribution in [0.4, 0.5) is 0 Å². The molecule has 3 atom stereocenters. The molecule has 0 spiro atoms. The Hall–Kier alpha value is -0.380. The fourth-order valence-electron chi connectivity index (χ4n) is 3.83. The third kappa shape index (κ3) is 3.04. The first kappa shape index (κ1) is 13.6. The molecular weight excluding hydrogens is 252 g/mol. The predicted molar refractivity (Wildman–Crippen MR) is 82.9 cm³/mol. The van der Waals surface area contributed by atoms with Crippen molar-refractivity contribution in [2.24, 2.45) is 0 Å². The van der Waals surface area contributed by atoms with Gasteiger partial charge in [-0.1, -0.05) is 12.5 Å². The number of fused-ring (bicyclic) bond motifs is 1. The Balaban J connectivity index is 1.63. The van der Waals surface area contributed by atoms with Gasteiger partial charge in [0.2, 0.25) is 0 Å². The molecule has 2 aliphatic rings. The summed E-state index contributed by atoms with van der Waals surface area (Å²) in [4.78, 5) is 7.03. The maximum absolute atomic E-state index is 2.76. The summed E-state index contributed by atoms with van der Waals surface area (Å²) >= 11 is 1.90. The monoisotopic (exact) mass is 278 g/mol. The second-order valence-corrected chi connectivity index (χ2v) is 7.36. The average Bonchev–Trinajstić information content (AvgIpc) is 2.90. The first-order valence-electron chi connectivity index (χ1n) is 7.76. The van der Waals surface area contributed by atoms with Crippen LogP contribution in [0.15, 0.2) is 17.5 Å². The predicted octanol–water partition coefficient (Wildman–Crippen LogP) is 3.24. The third-order valence-electron chi connectivity index (χ3n) is 4.88. The van der Waals surface area contributed by atoms with Crippen LogP contribution < -0.4 is 0 Å². The van der Waals surface area contributed by atoms with Gasteiger partial charge in [0.15, 0.2) is 0 Å². The summed E-state index contributed by atoms with van der Waals surface area (Å²) in [5, 5.41) is 2.20. The van der Waals surface area contributed by atoms with Crippen molar-refractivity contribution in [1.29, 1.82) is 0 Å². The van der Waals surface area contributed by atoms with Gasteiger partial charge >= 0.3 is 0 Å². The Morgan fingerprint density at radius 2 is 2.26 bits per heavy atom. The number of piperidine rings is 1. The van der Waals surface area contributed by atoms with Crippen LogP contribution in [0.5, 0.6) is 0 Å².